The fraction of sp³-hybridized carbons (Fsp3) is 0.0545. The molecule has 4 nitrogen and oxygen atoms in total. The van der Waals surface area contributed by atoms with E-state index in [4.69, 9.17) is 9.97 Å². The van der Waals surface area contributed by atoms with E-state index in [1.54, 1.807) is 0 Å². The van der Waals surface area contributed by atoms with Gasteiger partial charge in [-0.15, -0.1) is 0 Å². The molecule has 3 aromatic heterocycles. The van der Waals surface area contributed by atoms with E-state index in [0.29, 0.717) is 5.82 Å². The van der Waals surface area contributed by atoms with Crippen molar-refractivity contribution in [1.29, 1.82) is 0 Å². The van der Waals surface area contributed by atoms with Gasteiger partial charge in [0, 0.05) is 55.0 Å². The van der Waals surface area contributed by atoms with E-state index in [0.717, 1.165) is 39.5 Å². The molecule has 11 aromatic rings. The third-order valence-corrected chi connectivity index (χ3v) is 12.5. The number of benzene rings is 8. The van der Waals surface area contributed by atoms with Crippen molar-refractivity contribution in [2.45, 2.75) is 19.3 Å². The van der Waals surface area contributed by atoms with Crippen LogP contribution in [0.4, 0.5) is 0 Å². The summed E-state index contributed by atoms with van der Waals surface area (Å²) in [6, 6.07) is 69.5. The molecule has 278 valence electrons. The van der Waals surface area contributed by atoms with E-state index in [1.165, 1.54) is 65.9 Å². The number of para-hydroxylation sites is 3. The molecular weight excluding hydrogens is 717 g/mol. The second-order valence-electron chi connectivity index (χ2n) is 16.1. The molecule has 1 aliphatic rings. The normalized spacial score (nSPS) is 13.1. The summed E-state index contributed by atoms with van der Waals surface area (Å²) < 4.78 is 5.02. The van der Waals surface area contributed by atoms with Crippen LogP contribution in [0.5, 0.6) is 0 Å². The number of rotatable bonds is 5. The van der Waals surface area contributed by atoms with Gasteiger partial charge in [0.25, 0.3) is 0 Å². The number of fused-ring (bicyclic) bond motifs is 12. The minimum Gasteiger partial charge on any atom is -0.309 e. The molecule has 0 amide bonds. The maximum absolute atomic E-state index is 5.15. The summed E-state index contributed by atoms with van der Waals surface area (Å²) in [5.41, 5.74) is 17.1. The van der Waals surface area contributed by atoms with Gasteiger partial charge in [0.1, 0.15) is 0 Å². The molecule has 0 bridgehead atoms. The van der Waals surface area contributed by atoms with Crippen molar-refractivity contribution in [3.05, 3.63) is 205 Å². The van der Waals surface area contributed by atoms with Crippen molar-refractivity contribution < 1.29 is 0 Å². The molecule has 4 heteroatoms. The Labute approximate surface area is 342 Å². The van der Waals surface area contributed by atoms with E-state index in [-0.39, 0.29) is 5.41 Å². The molecule has 0 aliphatic heterocycles. The molecule has 0 saturated heterocycles. The summed E-state index contributed by atoms with van der Waals surface area (Å²) in [6.45, 7) is 4.82. The second kappa shape index (κ2) is 12.7. The Balaban J connectivity index is 1.17. The van der Waals surface area contributed by atoms with Gasteiger partial charge in [0.05, 0.1) is 33.5 Å². The number of aromatic nitrogens is 4. The van der Waals surface area contributed by atoms with Crippen LogP contribution in [-0.2, 0) is 5.41 Å². The molecular formula is C55H38N4. The predicted octanol–water partition coefficient (Wildman–Crippen LogP) is 14.0. The van der Waals surface area contributed by atoms with E-state index >= 15 is 0 Å². The molecule has 0 spiro atoms. The lowest BCUT2D eigenvalue weighted by Crippen LogP contribution is -2.16. The molecule has 1 aliphatic carbocycles. The SMILES string of the molecule is CC1(C)c2ccccc2-c2c1c1c(c3ccccc3n1-c1ccccc1)c1c2c2ccccc2n1-c1ccc(-c2nc(-c3ccccc3)cc(-c3ccccc3)n2)cc1. The number of hydrogen-bond acceptors (Lipinski definition) is 2. The van der Waals surface area contributed by atoms with E-state index in [2.05, 4.69) is 205 Å². The molecule has 0 radical (unpaired) electrons. The minimum absolute atomic E-state index is 0.239. The second-order valence-corrected chi connectivity index (χ2v) is 16.1. The first kappa shape index (κ1) is 33.6. The fourth-order valence-corrected chi connectivity index (χ4v) is 9.91. The van der Waals surface area contributed by atoms with Crippen LogP contribution in [0.15, 0.2) is 194 Å². The predicted molar refractivity (Wildman–Crippen MR) is 245 cm³/mol. The highest BCUT2D eigenvalue weighted by Gasteiger charge is 2.41. The molecule has 0 fully saturated rings. The zero-order chi connectivity index (χ0) is 39.2. The van der Waals surface area contributed by atoms with Crippen LogP contribution in [0.2, 0.25) is 0 Å². The topological polar surface area (TPSA) is 35.6 Å². The van der Waals surface area contributed by atoms with Crippen molar-refractivity contribution in [3.8, 4) is 56.4 Å². The Morgan fingerprint density at radius 3 is 1.54 bits per heavy atom. The van der Waals surface area contributed by atoms with Crippen LogP contribution in [0.1, 0.15) is 25.0 Å². The lowest BCUT2D eigenvalue weighted by Gasteiger charge is -2.24. The molecule has 59 heavy (non-hydrogen) atoms. The van der Waals surface area contributed by atoms with Crippen LogP contribution < -0.4 is 0 Å². The third kappa shape index (κ3) is 4.90. The standard InChI is InChI=1S/C55H38N4/c1-55(2)43-27-15-12-24-40(43)48-49-41-25-13-16-28-46(41)58(52(49)50-42-26-14-17-29-47(42)59(53(50)51(48)55)38-22-10-5-11-23-38)39-32-30-37(31-33-39)54-56-44(35-18-6-3-7-19-35)34-45(57-54)36-20-8-4-9-21-36/h3-34H,1-2H3. The lowest BCUT2D eigenvalue weighted by atomic mass is 9.81. The van der Waals surface area contributed by atoms with Crippen LogP contribution in [-0.4, -0.2) is 19.1 Å². The van der Waals surface area contributed by atoms with E-state index < -0.39 is 0 Å². The highest BCUT2D eigenvalue weighted by atomic mass is 15.0. The average Bonchev–Trinajstić information content (AvgIpc) is 3.90. The Hall–Kier alpha value is -7.56. The van der Waals surface area contributed by atoms with Gasteiger partial charge in [-0.2, -0.15) is 0 Å². The number of hydrogen-bond donors (Lipinski definition) is 0. The molecule has 12 rings (SSSR count). The Morgan fingerprint density at radius 1 is 0.424 bits per heavy atom. The average molecular weight is 755 g/mol. The van der Waals surface area contributed by atoms with Crippen molar-refractivity contribution in [3.63, 3.8) is 0 Å². The summed E-state index contributed by atoms with van der Waals surface area (Å²) in [4.78, 5) is 10.3. The quantitative estimate of drug-likeness (QED) is 0.175. The van der Waals surface area contributed by atoms with Gasteiger partial charge in [0.2, 0.25) is 0 Å². The van der Waals surface area contributed by atoms with Crippen molar-refractivity contribution in [2.24, 2.45) is 0 Å². The highest BCUT2D eigenvalue weighted by molar-refractivity contribution is 6.32. The van der Waals surface area contributed by atoms with Crippen LogP contribution in [0.3, 0.4) is 0 Å². The molecule has 3 heterocycles. The van der Waals surface area contributed by atoms with E-state index in [1.807, 2.05) is 12.1 Å². The van der Waals surface area contributed by atoms with Crippen molar-refractivity contribution >= 4 is 43.6 Å². The molecule has 0 unspecified atom stereocenters. The summed E-state index contributed by atoms with van der Waals surface area (Å²) in [6.07, 6.45) is 0. The molecule has 8 aromatic carbocycles. The zero-order valence-electron chi connectivity index (χ0n) is 32.8. The van der Waals surface area contributed by atoms with Gasteiger partial charge < -0.3 is 9.13 Å². The van der Waals surface area contributed by atoms with E-state index in [9.17, 15) is 0 Å². The van der Waals surface area contributed by atoms with Crippen molar-refractivity contribution in [1.82, 2.24) is 19.1 Å². The minimum atomic E-state index is -0.239. The van der Waals surface area contributed by atoms with Gasteiger partial charge in [0.15, 0.2) is 5.82 Å². The Bertz CT molecular complexity index is 3370. The summed E-state index contributed by atoms with van der Waals surface area (Å²) >= 11 is 0. The largest absolute Gasteiger partial charge is 0.309 e. The smallest absolute Gasteiger partial charge is 0.160 e. The van der Waals surface area contributed by atoms with Crippen LogP contribution in [0.25, 0.3) is 100 Å². The first-order valence-corrected chi connectivity index (χ1v) is 20.3. The Morgan fingerprint density at radius 2 is 0.915 bits per heavy atom. The van der Waals surface area contributed by atoms with Gasteiger partial charge in [-0.25, -0.2) is 9.97 Å². The lowest BCUT2D eigenvalue weighted by molar-refractivity contribution is 0.664. The summed E-state index contributed by atoms with van der Waals surface area (Å²) in [7, 11) is 0. The van der Waals surface area contributed by atoms with Gasteiger partial charge >= 0.3 is 0 Å². The maximum Gasteiger partial charge on any atom is 0.160 e. The third-order valence-electron chi connectivity index (χ3n) is 12.5. The van der Waals surface area contributed by atoms with Gasteiger partial charge in [-0.3, -0.25) is 0 Å². The first-order valence-electron chi connectivity index (χ1n) is 20.3. The van der Waals surface area contributed by atoms with Gasteiger partial charge in [-0.1, -0.05) is 153 Å². The molecule has 0 atom stereocenters. The first-order chi connectivity index (χ1) is 29.1. The zero-order valence-corrected chi connectivity index (χ0v) is 32.8. The summed E-state index contributed by atoms with van der Waals surface area (Å²) in [5, 5.41) is 5.06. The molecule has 0 saturated carbocycles. The summed E-state index contributed by atoms with van der Waals surface area (Å²) in [5.74, 6) is 0.698. The maximum atomic E-state index is 5.15. The Kier molecular flexibility index (Phi) is 7.24. The fourth-order valence-electron chi connectivity index (χ4n) is 9.91. The van der Waals surface area contributed by atoms with Crippen LogP contribution in [0, 0.1) is 0 Å². The van der Waals surface area contributed by atoms with Crippen LogP contribution >= 0.6 is 0 Å². The highest BCUT2D eigenvalue weighted by Crippen LogP contribution is 2.58. The van der Waals surface area contributed by atoms with Gasteiger partial charge in [-0.05, 0) is 76.9 Å². The molecule has 0 N–H and O–H groups in total. The number of nitrogens with zero attached hydrogens (tertiary/aromatic N) is 4. The van der Waals surface area contributed by atoms with Crippen molar-refractivity contribution in [2.75, 3.05) is 0 Å². The monoisotopic (exact) mass is 754 g/mol.